The molecule has 2 amide bonds. The molecule has 0 spiro atoms. The number of hydrogen-bond acceptors (Lipinski definition) is 2. The maximum Gasteiger partial charge on any atom is 0.254 e. The van der Waals surface area contributed by atoms with Crippen molar-refractivity contribution in [2.75, 3.05) is 28.2 Å². The van der Waals surface area contributed by atoms with E-state index in [0.29, 0.717) is 11.1 Å². The van der Waals surface area contributed by atoms with E-state index < -0.39 is 0 Å². The van der Waals surface area contributed by atoms with Crippen LogP contribution >= 0.6 is 11.6 Å². The number of halogens is 1. The van der Waals surface area contributed by atoms with Crippen LogP contribution in [0.2, 0.25) is 5.02 Å². The lowest BCUT2D eigenvalue weighted by Crippen LogP contribution is -2.25. The Hall–Kier alpha value is -1.55. The van der Waals surface area contributed by atoms with E-state index in [1.807, 2.05) is 0 Å². The van der Waals surface area contributed by atoms with E-state index in [2.05, 4.69) is 0 Å². The molecule has 1 rings (SSSR count). The summed E-state index contributed by atoms with van der Waals surface area (Å²) in [6, 6.07) is 4.87. The number of hydrogen-bond donors (Lipinski definition) is 0. The first kappa shape index (κ1) is 13.5. The fourth-order valence-corrected chi connectivity index (χ4v) is 1.63. The van der Waals surface area contributed by atoms with Crippen LogP contribution in [-0.4, -0.2) is 49.8 Å². The lowest BCUT2D eigenvalue weighted by atomic mass is 10.1. The van der Waals surface area contributed by atoms with Crippen molar-refractivity contribution < 1.29 is 9.59 Å². The Morgan fingerprint density at radius 3 is 1.59 bits per heavy atom. The third-order valence-corrected chi connectivity index (χ3v) is 2.68. The first-order valence-electron chi connectivity index (χ1n) is 5.08. The van der Waals surface area contributed by atoms with Gasteiger partial charge in [-0.15, -0.1) is 0 Å². The van der Waals surface area contributed by atoms with Gasteiger partial charge in [-0.2, -0.15) is 0 Å². The summed E-state index contributed by atoms with van der Waals surface area (Å²) < 4.78 is 0. The molecule has 0 aliphatic rings. The van der Waals surface area contributed by atoms with Gasteiger partial charge in [0, 0.05) is 28.2 Å². The normalized spacial score (nSPS) is 9.94. The van der Waals surface area contributed by atoms with Crippen LogP contribution in [0.4, 0.5) is 0 Å². The molecule has 4 nitrogen and oxygen atoms in total. The number of carbonyl (C=O) groups excluding carboxylic acids is 2. The molecular formula is C12H15ClN2O2. The molecule has 0 bridgehead atoms. The predicted octanol–water partition coefficient (Wildman–Crippen LogP) is 1.74. The topological polar surface area (TPSA) is 40.6 Å². The Morgan fingerprint density at radius 2 is 1.29 bits per heavy atom. The van der Waals surface area contributed by atoms with Crippen molar-refractivity contribution in [3.8, 4) is 0 Å². The van der Waals surface area contributed by atoms with Gasteiger partial charge in [-0.1, -0.05) is 17.7 Å². The minimum Gasteiger partial charge on any atom is -0.345 e. The molecule has 5 heteroatoms. The summed E-state index contributed by atoms with van der Waals surface area (Å²) in [5.41, 5.74) is 0.675. The molecule has 0 N–H and O–H groups in total. The van der Waals surface area contributed by atoms with Crippen molar-refractivity contribution in [3.05, 3.63) is 34.3 Å². The molecular weight excluding hydrogens is 240 g/mol. The van der Waals surface area contributed by atoms with Crippen molar-refractivity contribution in [3.63, 3.8) is 0 Å². The van der Waals surface area contributed by atoms with Gasteiger partial charge in [0.2, 0.25) is 0 Å². The molecule has 0 aliphatic heterocycles. The molecule has 92 valence electrons. The quantitative estimate of drug-likeness (QED) is 0.807. The Bertz CT molecular complexity index is 418. The summed E-state index contributed by atoms with van der Waals surface area (Å²) in [5, 5.41) is 0.199. The van der Waals surface area contributed by atoms with Crippen LogP contribution in [0.1, 0.15) is 20.7 Å². The van der Waals surface area contributed by atoms with E-state index in [9.17, 15) is 9.59 Å². The zero-order valence-corrected chi connectivity index (χ0v) is 11.1. The number of benzene rings is 1. The lowest BCUT2D eigenvalue weighted by molar-refractivity contribution is 0.0826. The van der Waals surface area contributed by atoms with Gasteiger partial charge in [-0.3, -0.25) is 9.59 Å². The summed E-state index contributed by atoms with van der Waals surface area (Å²) in [4.78, 5) is 26.5. The van der Waals surface area contributed by atoms with Crippen molar-refractivity contribution >= 4 is 23.4 Å². The van der Waals surface area contributed by atoms with Crippen molar-refractivity contribution in [1.29, 1.82) is 0 Å². The average Bonchev–Trinajstić information content (AvgIpc) is 2.27. The second-order valence-electron chi connectivity index (χ2n) is 4.07. The number of carbonyl (C=O) groups is 2. The average molecular weight is 255 g/mol. The molecule has 0 aliphatic carbocycles. The number of rotatable bonds is 2. The molecule has 0 saturated heterocycles. The van der Waals surface area contributed by atoms with E-state index in [-0.39, 0.29) is 16.8 Å². The minimum atomic E-state index is -0.219. The molecule has 0 atom stereocenters. The van der Waals surface area contributed by atoms with Crippen molar-refractivity contribution in [2.45, 2.75) is 0 Å². The van der Waals surface area contributed by atoms with Crippen LogP contribution in [0.3, 0.4) is 0 Å². The summed E-state index contributed by atoms with van der Waals surface area (Å²) in [6.07, 6.45) is 0. The molecule has 0 aromatic heterocycles. The highest BCUT2D eigenvalue weighted by molar-refractivity contribution is 6.36. The third kappa shape index (κ3) is 2.77. The summed E-state index contributed by atoms with van der Waals surface area (Å²) >= 11 is 6.09. The molecule has 1 aromatic rings. The highest BCUT2D eigenvalue weighted by Crippen LogP contribution is 2.23. The van der Waals surface area contributed by atoms with Crippen LogP contribution in [0.5, 0.6) is 0 Å². The van der Waals surface area contributed by atoms with E-state index in [0.717, 1.165) is 0 Å². The maximum atomic E-state index is 11.8. The van der Waals surface area contributed by atoms with E-state index in [1.54, 1.807) is 46.4 Å². The highest BCUT2D eigenvalue weighted by atomic mass is 35.5. The summed E-state index contributed by atoms with van der Waals surface area (Å²) in [5.74, 6) is -0.438. The fraction of sp³-hybridized carbons (Fsp3) is 0.333. The smallest absolute Gasteiger partial charge is 0.254 e. The fourth-order valence-electron chi connectivity index (χ4n) is 1.34. The van der Waals surface area contributed by atoms with E-state index in [1.165, 1.54) is 9.80 Å². The zero-order valence-electron chi connectivity index (χ0n) is 10.3. The van der Waals surface area contributed by atoms with Crippen LogP contribution in [0.25, 0.3) is 0 Å². The van der Waals surface area contributed by atoms with E-state index in [4.69, 9.17) is 11.6 Å². The second-order valence-corrected chi connectivity index (χ2v) is 4.44. The molecule has 0 fully saturated rings. The predicted molar refractivity (Wildman–Crippen MR) is 67.5 cm³/mol. The van der Waals surface area contributed by atoms with Crippen LogP contribution in [0, 0.1) is 0 Å². The number of nitrogens with zero attached hydrogens (tertiary/aromatic N) is 2. The molecule has 0 radical (unpaired) electrons. The Labute approximate surface area is 106 Å². The van der Waals surface area contributed by atoms with Gasteiger partial charge in [0.1, 0.15) is 0 Å². The first-order chi connectivity index (χ1) is 7.86. The molecule has 0 unspecified atom stereocenters. The highest BCUT2D eigenvalue weighted by Gasteiger charge is 2.19. The SMILES string of the molecule is CN(C)C(=O)c1cccc(C(=O)N(C)C)c1Cl. The lowest BCUT2D eigenvalue weighted by Gasteiger charge is -2.15. The van der Waals surface area contributed by atoms with Gasteiger partial charge in [0.15, 0.2) is 0 Å². The second kappa shape index (κ2) is 5.19. The van der Waals surface area contributed by atoms with Gasteiger partial charge in [0.05, 0.1) is 16.1 Å². The van der Waals surface area contributed by atoms with Crippen LogP contribution in [-0.2, 0) is 0 Å². The van der Waals surface area contributed by atoms with Crippen LogP contribution < -0.4 is 0 Å². The van der Waals surface area contributed by atoms with Gasteiger partial charge >= 0.3 is 0 Å². The third-order valence-electron chi connectivity index (χ3n) is 2.27. The number of amides is 2. The largest absolute Gasteiger partial charge is 0.345 e. The van der Waals surface area contributed by atoms with Crippen molar-refractivity contribution in [1.82, 2.24) is 9.80 Å². The van der Waals surface area contributed by atoms with Crippen LogP contribution in [0.15, 0.2) is 18.2 Å². The molecule has 0 saturated carbocycles. The zero-order chi connectivity index (χ0) is 13.2. The summed E-state index contributed by atoms with van der Waals surface area (Å²) in [6.45, 7) is 0. The Kier molecular flexibility index (Phi) is 4.12. The van der Waals surface area contributed by atoms with Gasteiger partial charge in [-0.25, -0.2) is 0 Å². The standard InChI is InChI=1S/C12H15ClN2O2/c1-14(2)11(16)8-6-5-7-9(10(8)13)12(17)15(3)4/h5-7H,1-4H3. The van der Waals surface area contributed by atoms with Gasteiger partial charge in [0.25, 0.3) is 11.8 Å². The molecule has 0 heterocycles. The molecule has 17 heavy (non-hydrogen) atoms. The van der Waals surface area contributed by atoms with E-state index >= 15 is 0 Å². The Balaban J connectivity index is 3.25. The minimum absolute atomic E-state index is 0.199. The van der Waals surface area contributed by atoms with Gasteiger partial charge < -0.3 is 9.80 Å². The maximum absolute atomic E-state index is 11.8. The Morgan fingerprint density at radius 1 is 0.941 bits per heavy atom. The molecule has 1 aromatic carbocycles. The van der Waals surface area contributed by atoms with Gasteiger partial charge in [-0.05, 0) is 12.1 Å². The monoisotopic (exact) mass is 254 g/mol. The first-order valence-corrected chi connectivity index (χ1v) is 5.46. The summed E-state index contributed by atoms with van der Waals surface area (Å²) in [7, 11) is 6.55. The van der Waals surface area contributed by atoms with Crippen molar-refractivity contribution in [2.24, 2.45) is 0 Å².